The Labute approximate surface area is 332 Å². The molecule has 3 aliphatic rings. The van der Waals surface area contributed by atoms with E-state index in [0.29, 0.717) is 11.1 Å². The van der Waals surface area contributed by atoms with E-state index < -0.39 is 17.0 Å². The van der Waals surface area contributed by atoms with Crippen LogP contribution < -0.4 is 4.90 Å². The fourth-order valence-electron chi connectivity index (χ4n) is 10.6. The summed E-state index contributed by atoms with van der Waals surface area (Å²) in [6.45, 7) is 8.93. The number of rotatable bonds is 4. The second kappa shape index (κ2) is 12.0. The summed E-state index contributed by atoms with van der Waals surface area (Å²) < 4.78 is 32.4. The van der Waals surface area contributed by atoms with Crippen molar-refractivity contribution in [3.63, 3.8) is 0 Å². The van der Waals surface area contributed by atoms with E-state index >= 15 is 8.78 Å². The Morgan fingerprint density at radius 3 is 1.72 bits per heavy atom. The summed E-state index contributed by atoms with van der Waals surface area (Å²) in [5.74, 6) is -0.818. The Bertz CT molecular complexity index is 2940. The normalized spacial score (nSPS) is 14.4. The van der Waals surface area contributed by atoms with Crippen molar-refractivity contribution in [1.82, 2.24) is 0 Å². The van der Waals surface area contributed by atoms with Gasteiger partial charge in [-0.1, -0.05) is 129 Å². The van der Waals surface area contributed by atoms with Crippen molar-refractivity contribution >= 4 is 17.1 Å². The highest BCUT2D eigenvalue weighted by atomic mass is 19.1. The highest BCUT2D eigenvalue weighted by Gasteiger charge is 2.54. The van der Waals surface area contributed by atoms with E-state index in [1.165, 1.54) is 34.4 Å². The molecule has 0 N–H and O–H groups in total. The second-order valence-electron chi connectivity index (χ2n) is 16.4. The zero-order valence-electron chi connectivity index (χ0n) is 32.3. The van der Waals surface area contributed by atoms with Gasteiger partial charge in [-0.05, 0) is 140 Å². The van der Waals surface area contributed by atoms with Gasteiger partial charge in [-0.2, -0.15) is 0 Å². The van der Waals surface area contributed by atoms with E-state index in [9.17, 15) is 0 Å². The van der Waals surface area contributed by atoms with Crippen LogP contribution in [0.1, 0.15) is 58.4 Å². The van der Waals surface area contributed by atoms with Crippen molar-refractivity contribution in [3.05, 3.63) is 220 Å². The number of hydrogen-bond acceptors (Lipinski definition) is 1. The molecule has 0 fully saturated rings. The fraction of sp³-hybridized carbons (Fsp3) is 0.111. The van der Waals surface area contributed by atoms with E-state index in [-0.39, 0.29) is 5.41 Å². The summed E-state index contributed by atoms with van der Waals surface area (Å²) >= 11 is 0. The van der Waals surface area contributed by atoms with Gasteiger partial charge in [0.15, 0.2) is 0 Å². The van der Waals surface area contributed by atoms with Gasteiger partial charge in [-0.15, -0.1) is 0 Å². The molecular weight excluding hydrogens is 701 g/mol. The number of halogens is 2. The number of benzene rings is 8. The number of fused-ring (bicyclic) bond motifs is 13. The molecule has 0 aliphatic heterocycles. The summed E-state index contributed by atoms with van der Waals surface area (Å²) in [7, 11) is 0. The Hall–Kier alpha value is -6.58. The fourth-order valence-corrected chi connectivity index (χ4v) is 10.6. The smallest absolute Gasteiger partial charge is 0.131 e. The molecule has 1 spiro atoms. The standard InChI is InChI=1S/C54H39F2N/c1-32-28-40(52-41(29-32)49-33(2)14-10-21-43(49)54(52)44-22-12-24-47(55)50(44)51-45(54)23-13-25-48(51)56)34-15-11-18-36(30-34)57(35-16-6-5-7-17-35)37-26-27-39-38-19-8-9-20-42(38)53(3,4)46(39)31-37/h5-31H,1-4H3. The van der Waals surface area contributed by atoms with Gasteiger partial charge in [0.2, 0.25) is 0 Å². The monoisotopic (exact) mass is 739 g/mol. The van der Waals surface area contributed by atoms with Gasteiger partial charge in [0, 0.05) is 33.6 Å². The van der Waals surface area contributed by atoms with Gasteiger partial charge in [0.05, 0.1) is 5.41 Å². The molecule has 3 aliphatic carbocycles. The molecule has 8 aromatic rings. The van der Waals surface area contributed by atoms with Crippen LogP contribution in [0.15, 0.2) is 164 Å². The van der Waals surface area contributed by atoms with Crippen LogP contribution >= 0.6 is 0 Å². The average molecular weight is 740 g/mol. The van der Waals surface area contributed by atoms with Crippen LogP contribution in [0.3, 0.4) is 0 Å². The maximum atomic E-state index is 16.2. The third-order valence-corrected chi connectivity index (χ3v) is 12.9. The molecule has 0 saturated carbocycles. The Morgan fingerprint density at radius 2 is 0.982 bits per heavy atom. The van der Waals surface area contributed by atoms with Crippen molar-refractivity contribution in [2.75, 3.05) is 4.90 Å². The number of aryl methyl sites for hydroxylation is 2. The molecule has 0 aromatic heterocycles. The highest BCUT2D eigenvalue weighted by Crippen LogP contribution is 2.66. The minimum Gasteiger partial charge on any atom is -0.310 e. The molecule has 0 radical (unpaired) electrons. The SMILES string of the molecule is Cc1cc(-c2cccc(N(c3ccccc3)c3ccc4c(c3)C(C)(C)c3ccccc3-4)c2)c2c(c1)-c1c(C)cccc1C21c2cccc(F)c2-c2c(F)cccc21. The van der Waals surface area contributed by atoms with E-state index in [4.69, 9.17) is 0 Å². The highest BCUT2D eigenvalue weighted by molar-refractivity contribution is 6.00. The van der Waals surface area contributed by atoms with Crippen LogP contribution in [0, 0.1) is 25.5 Å². The van der Waals surface area contributed by atoms with Crippen LogP contribution in [-0.2, 0) is 10.8 Å². The quantitative estimate of drug-likeness (QED) is 0.174. The van der Waals surface area contributed by atoms with E-state index in [0.717, 1.165) is 72.7 Å². The maximum absolute atomic E-state index is 16.2. The minimum absolute atomic E-state index is 0.150. The van der Waals surface area contributed by atoms with Crippen molar-refractivity contribution in [2.45, 2.75) is 38.5 Å². The zero-order valence-corrected chi connectivity index (χ0v) is 32.3. The second-order valence-corrected chi connectivity index (χ2v) is 16.4. The Morgan fingerprint density at radius 1 is 0.421 bits per heavy atom. The average Bonchev–Trinajstić information content (AvgIpc) is 3.78. The molecule has 0 heterocycles. The largest absolute Gasteiger partial charge is 0.310 e. The summed E-state index contributed by atoms with van der Waals surface area (Å²) in [6.07, 6.45) is 0. The predicted molar refractivity (Wildman–Crippen MR) is 230 cm³/mol. The number of para-hydroxylation sites is 1. The Kier molecular flexibility index (Phi) is 7.08. The lowest BCUT2D eigenvalue weighted by Crippen LogP contribution is -2.27. The van der Waals surface area contributed by atoms with Gasteiger partial charge in [0.25, 0.3) is 0 Å². The van der Waals surface area contributed by atoms with Crippen LogP contribution in [0.25, 0.3) is 44.5 Å². The number of anilines is 3. The first kappa shape index (κ1) is 33.7. The molecule has 0 amide bonds. The first-order valence-electron chi connectivity index (χ1n) is 19.7. The molecule has 3 heteroatoms. The summed E-state index contributed by atoms with van der Waals surface area (Å²) in [4.78, 5) is 2.35. The zero-order chi connectivity index (χ0) is 38.8. The van der Waals surface area contributed by atoms with E-state index in [1.54, 1.807) is 12.1 Å². The van der Waals surface area contributed by atoms with Crippen molar-refractivity contribution in [2.24, 2.45) is 0 Å². The summed E-state index contributed by atoms with van der Waals surface area (Å²) in [6, 6.07) is 56.4. The lowest BCUT2D eigenvalue weighted by Gasteiger charge is -2.33. The van der Waals surface area contributed by atoms with Crippen LogP contribution in [0.2, 0.25) is 0 Å². The van der Waals surface area contributed by atoms with Gasteiger partial charge in [-0.3, -0.25) is 0 Å². The molecule has 11 rings (SSSR count). The van der Waals surface area contributed by atoms with Crippen LogP contribution in [-0.4, -0.2) is 0 Å². The summed E-state index contributed by atoms with van der Waals surface area (Å²) in [5.41, 5.74) is 18.3. The van der Waals surface area contributed by atoms with Crippen molar-refractivity contribution in [3.8, 4) is 44.5 Å². The van der Waals surface area contributed by atoms with E-state index in [1.807, 2.05) is 12.1 Å². The summed E-state index contributed by atoms with van der Waals surface area (Å²) in [5, 5.41) is 0. The number of hydrogen-bond donors (Lipinski definition) is 0. The molecular formula is C54H39F2N. The molecule has 0 unspecified atom stereocenters. The lowest BCUT2D eigenvalue weighted by atomic mass is 9.68. The first-order chi connectivity index (χ1) is 27.7. The maximum Gasteiger partial charge on any atom is 0.131 e. The van der Waals surface area contributed by atoms with Gasteiger partial charge in [0.1, 0.15) is 11.6 Å². The van der Waals surface area contributed by atoms with Crippen LogP contribution in [0.4, 0.5) is 25.8 Å². The molecule has 274 valence electrons. The lowest BCUT2D eigenvalue weighted by molar-refractivity contribution is 0.617. The molecule has 0 atom stereocenters. The van der Waals surface area contributed by atoms with Crippen LogP contribution in [0.5, 0.6) is 0 Å². The van der Waals surface area contributed by atoms with Gasteiger partial charge < -0.3 is 4.90 Å². The van der Waals surface area contributed by atoms with Gasteiger partial charge in [-0.25, -0.2) is 8.78 Å². The molecule has 0 bridgehead atoms. The molecule has 0 saturated heterocycles. The topological polar surface area (TPSA) is 3.24 Å². The minimum atomic E-state index is -0.926. The van der Waals surface area contributed by atoms with Gasteiger partial charge >= 0.3 is 0 Å². The van der Waals surface area contributed by atoms with E-state index in [2.05, 4.69) is 160 Å². The Balaban J connectivity index is 1.17. The third kappa shape index (κ3) is 4.48. The predicted octanol–water partition coefficient (Wildman–Crippen LogP) is 14.4. The molecule has 1 nitrogen and oxygen atoms in total. The number of nitrogens with zero attached hydrogens (tertiary/aromatic N) is 1. The van der Waals surface area contributed by atoms with Crippen molar-refractivity contribution < 1.29 is 8.78 Å². The molecule has 8 aromatic carbocycles. The third-order valence-electron chi connectivity index (χ3n) is 12.9. The molecule has 57 heavy (non-hydrogen) atoms. The van der Waals surface area contributed by atoms with Crippen molar-refractivity contribution in [1.29, 1.82) is 0 Å². The first-order valence-corrected chi connectivity index (χ1v) is 19.7.